The Morgan fingerprint density at radius 3 is 2.28 bits per heavy atom. The van der Waals surface area contributed by atoms with E-state index in [0.717, 1.165) is 53.1 Å². The van der Waals surface area contributed by atoms with Gasteiger partial charge in [0.15, 0.2) is 5.78 Å². The van der Waals surface area contributed by atoms with Crippen molar-refractivity contribution in [3.8, 4) is 10.4 Å². The maximum absolute atomic E-state index is 14.0. The van der Waals surface area contributed by atoms with Crippen LogP contribution in [0.2, 0.25) is 0 Å². The molecule has 4 aromatic heterocycles. The topological polar surface area (TPSA) is 228 Å². The first-order valence-electron chi connectivity index (χ1n) is 24.8. The molecule has 1 aromatic carbocycles. The van der Waals surface area contributed by atoms with Crippen molar-refractivity contribution in [1.29, 1.82) is 0 Å². The second-order valence-corrected chi connectivity index (χ2v) is 20.8. The molecule has 5 aromatic rings. The van der Waals surface area contributed by atoms with Crippen molar-refractivity contribution >= 4 is 69.0 Å². The summed E-state index contributed by atoms with van der Waals surface area (Å²) in [7, 11) is 0. The second-order valence-electron chi connectivity index (χ2n) is 19.9. The number of fused-ring (bicyclic) bond motifs is 1. The number of hydrogen-bond donors (Lipinski definition) is 4. The van der Waals surface area contributed by atoms with E-state index in [1.54, 1.807) is 56.0 Å². The Morgan fingerprint density at radius 2 is 1.62 bits per heavy atom. The number of anilines is 3. The minimum absolute atomic E-state index is 0.00936. The van der Waals surface area contributed by atoms with Crippen LogP contribution in [0.4, 0.5) is 17.5 Å². The third-order valence-electron chi connectivity index (χ3n) is 13.6. The molecule has 1 aliphatic carbocycles. The molecule has 19 heteroatoms. The molecular formula is C53H64N11O7S. The molecule has 0 spiro atoms. The molecular weight excluding hydrogens is 935 g/mol. The van der Waals surface area contributed by atoms with Crippen LogP contribution in [0, 0.1) is 25.4 Å². The van der Waals surface area contributed by atoms with E-state index in [4.69, 9.17) is 4.98 Å². The van der Waals surface area contributed by atoms with Gasteiger partial charge < -0.3 is 35.5 Å². The van der Waals surface area contributed by atoms with Gasteiger partial charge >= 0.3 is 0 Å². The highest BCUT2D eigenvalue weighted by Crippen LogP contribution is 2.34. The number of nitrogens with zero attached hydrogens (tertiary/aromatic N) is 9. The zero-order chi connectivity index (χ0) is 51.3. The fourth-order valence-electron chi connectivity index (χ4n) is 9.69. The van der Waals surface area contributed by atoms with Crippen LogP contribution in [0.5, 0.6) is 0 Å². The number of unbranched alkanes of at least 4 members (excludes halogenated alkanes) is 2. The predicted octanol–water partition coefficient (Wildman–Crippen LogP) is 8.25. The number of aliphatic hydroxyl groups excluding tert-OH is 2. The highest BCUT2D eigenvalue weighted by atomic mass is 32.1. The molecule has 3 amide bonds. The third kappa shape index (κ3) is 11.7. The van der Waals surface area contributed by atoms with Crippen LogP contribution in [0.25, 0.3) is 21.5 Å². The number of aryl methyl sites for hydroxylation is 2. The van der Waals surface area contributed by atoms with Gasteiger partial charge in [0, 0.05) is 75.0 Å². The summed E-state index contributed by atoms with van der Waals surface area (Å²) in [5.74, 6) is -0.623. The molecule has 8 rings (SSSR count). The van der Waals surface area contributed by atoms with Crippen molar-refractivity contribution < 1.29 is 29.4 Å². The summed E-state index contributed by atoms with van der Waals surface area (Å²) in [5, 5.41) is 28.5. The number of nitrogens with one attached hydrogen (secondary N) is 2. The number of ketones is 1. The van der Waals surface area contributed by atoms with Crippen molar-refractivity contribution in [3.63, 3.8) is 0 Å². The van der Waals surface area contributed by atoms with Gasteiger partial charge in [-0.3, -0.25) is 28.5 Å². The average Bonchev–Trinajstić information content (AvgIpc) is 4.14. The maximum Gasteiger partial charge on any atom is 0.273 e. The minimum atomic E-state index is -0.813. The fourth-order valence-corrected chi connectivity index (χ4v) is 10.5. The van der Waals surface area contributed by atoms with Crippen molar-refractivity contribution in [2.75, 3.05) is 42.9 Å². The maximum atomic E-state index is 14.0. The quantitative estimate of drug-likeness (QED) is 0.0316. The van der Waals surface area contributed by atoms with Crippen LogP contribution < -0.4 is 21.1 Å². The summed E-state index contributed by atoms with van der Waals surface area (Å²) in [6, 6.07) is 11.7. The van der Waals surface area contributed by atoms with E-state index in [2.05, 4.69) is 35.5 Å². The molecule has 6 heterocycles. The van der Waals surface area contributed by atoms with Crippen molar-refractivity contribution in [2.24, 2.45) is 10.4 Å². The van der Waals surface area contributed by atoms with Gasteiger partial charge in [-0.15, -0.1) is 11.3 Å². The molecule has 72 heavy (non-hydrogen) atoms. The smallest absolute Gasteiger partial charge is 0.273 e. The standard InChI is InChI=1S/C53H64N11O7S/c1-32-40-29-56-52(60-48(40)64(37-12-10-11-13-37)50(70)45(32)34(3)65)58-42-21-20-38(28-54-42)61-22-24-62(25-23-61)44(68)15-9-7-8-14-43(67)59-47(53(4,5)6)51(71)63-30-39(66)26-41(63)49(69)55-27-35-16-18-36(19-17-35)46-33(2)57-31-72-46/h16-21,28-29,31,37,55,66,69H,7-15,22-27,30H2,1-6H3,(H,54,56,58,60). The van der Waals surface area contributed by atoms with E-state index in [1.165, 1.54) is 11.8 Å². The molecule has 1 saturated carbocycles. The van der Waals surface area contributed by atoms with Gasteiger partial charge in [0.05, 0.1) is 45.8 Å². The minimum Gasteiger partial charge on any atom is -0.494 e. The number of pyridine rings is 2. The number of piperazine rings is 1. The number of benzene rings is 1. The van der Waals surface area contributed by atoms with Gasteiger partial charge in [-0.05, 0) is 75.3 Å². The first kappa shape index (κ1) is 51.5. The Labute approximate surface area is 423 Å². The Balaban J connectivity index is 0.785. The zero-order valence-corrected chi connectivity index (χ0v) is 42.8. The molecule has 2 saturated heterocycles. The summed E-state index contributed by atoms with van der Waals surface area (Å²) in [5.41, 5.74) is 6.05. The number of amides is 3. The number of aliphatic imine (C=N–C) groups is 1. The Kier molecular flexibility index (Phi) is 15.9. The number of aromatic nitrogens is 5. The Bertz CT molecular complexity index is 2950. The van der Waals surface area contributed by atoms with E-state index in [0.29, 0.717) is 80.2 Å². The molecule has 0 atom stereocenters. The first-order chi connectivity index (χ1) is 34.5. The highest BCUT2D eigenvalue weighted by molar-refractivity contribution is 7.13. The van der Waals surface area contributed by atoms with Crippen LogP contribution in [-0.4, -0.2) is 106 Å². The van der Waals surface area contributed by atoms with Crippen LogP contribution >= 0.6 is 11.3 Å². The number of carbonyl (C=O) groups excluding carboxylic acids is 4. The van der Waals surface area contributed by atoms with E-state index in [-0.39, 0.29) is 78.2 Å². The molecule has 2 aliphatic heterocycles. The Hall–Kier alpha value is -6.86. The largest absolute Gasteiger partial charge is 0.494 e. The Morgan fingerprint density at radius 1 is 0.903 bits per heavy atom. The highest BCUT2D eigenvalue weighted by Gasteiger charge is 2.39. The molecule has 0 bridgehead atoms. The molecule has 3 fully saturated rings. The molecule has 0 unspecified atom stereocenters. The van der Waals surface area contributed by atoms with E-state index in [1.807, 2.05) is 53.7 Å². The normalized spacial score (nSPS) is 16.7. The van der Waals surface area contributed by atoms with Gasteiger partial charge in [0.2, 0.25) is 23.6 Å². The summed E-state index contributed by atoms with van der Waals surface area (Å²) in [4.78, 5) is 95.5. The van der Waals surface area contributed by atoms with Gasteiger partial charge in [-0.2, -0.15) is 4.98 Å². The van der Waals surface area contributed by atoms with E-state index < -0.39 is 17.2 Å². The summed E-state index contributed by atoms with van der Waals surface area (Å²) >= 11 is 1.57. The predicted molar refractivity (Wildman–Crippen MR) is 278 cm³/mol. The van der Waals surface area contributed by atoms with Crippen LogP contribution in [0.1, 0.15) is 125 Å². The number of Topliss-reactive ketones (excluding diaryl/α,β-unsaturated/α-hetero) is 1. The lowest BCUT2D eigenvalue weighted by atomic mass is 9.88. The van der Waals surface area contributed by atoms with Crippen molar-refractivity contribution in [1.82, 2.24) is 39.6 Å². The van der Waals surface area contributed by atoms with Gasteiger partial charge in [-0.25, -0.2) is 19.9 Å². The number of aliphatic hydroxyl groups is 2. The summed E-state index contributed by atoms with van der Waals surface area (Å²) in [6.07, 6.45) is 9.37. The average molecular weight is 999 g/mol. The lowest BCUT2D eigenvalue weighted by molar-refractivity contribution is -0.131. The van der Waals surface area contributed by atoms with Gasteiger partial charge in [-0.1, -0.05) is 64.3 Å². The zero-order valence-electron chi connectivity index (χ0n) is 42.0. The number of thiazole rings is 1. The number of likely N-dealkylation sites (tertiary alicyclic amines) is 1. The lowest BCUT2D eigenvalue weighted by Crippen LogP contribution is -2.48. The van der Waals surface area contributed by atoms with E-state index >= 15 is 0 Å². The molecule has 18 nitrogen and oxygen atoms in total. The van der Waals surface area contributed by atoms with E-state index in [9.17, 15) is 34.2 Å². The van der Waals surface area contributed by atoms with Gasteiger partial charge in [0.1, 0.15) is 23.3 Å². The first-order valence-corrected chi connectivity index (χ1v) is 25.7. The molecule has 1 radical (unpaired) electrons. The van der Waals surface area contributed by atoms with Crippen molar-refractivity contribution in [3.05, 3.63) is 105 Å². The van der Waals surface area contributed by atoms with Crippen LogP contribution in [0.3, 0.4) is 0 Å². The SMILES string of the molecule is CC(=O)c1c(C)c2cnc(Nc3ccc(N4CCN(C(=O)CCCCCC(=O)N=C(C(=O)N5C[C](O)CC5=C(O)NCc5ccc(-c6scnc6C)cc5)C(C)(C)C)CC4)cn3)nc2n(C2CCCC2)c1=O. The monoisotopic (exact) mass is 998 g/mol. The summed E-state index contributed by atoms with van der Waals surface area (Å²) < 4.78 is 1.69. The molecule has 3 aliphatic rings. The molecule has 379 valence electrons. The van der Waals surface area contributed by atoms with Crippen LogP contribution in [-0.2, 0) is 20.9 Å². The third-order valence-corrected chi connectivity index (χ3v) is 14.6. The fraction of sp³-hybridized carbons (Fsp3) is 0.453. The lowest BCUT2D eigenvalue weighted by Gasteiger charge is -2.36. The van der Waals surface area contributed by atoms with Crippen LogP contribution in [0.15, 0.2) is 75.7 Å². The number of rotatable bonds is 16. The second kappa shape index (κ2) is 22.3. The number of carbonyl (C=O) groups is 4. The number of hydrogen-bond acceptors (Lipinski definition) is 15. The van der Waals surface area contributed by atoms with Crippen molar-refractivity contribution in [2.45, 2.75) is 118 Å². The van der Waals surface area contributed by atoms with Gasteiger partial charge in [0.25, 0.3) is 11.5 Å². The molecule has 4 N–H and O–H groups in total. The summed E-state index contributed by atoms with van der Waals surface area (Å²) in [6.45, 7) is 13.1.